The van der Waals surface area contributed by atoms with Crippen molar-refractivity contribution in [2.75, 3.05) is 4.90 Å². The third-order valence-corrected chi connectivity index (χ3v) is 6.71. The first kappa shape index (κ1) is 18.8. The summed E-state index contributed by atoms with van der Waals surface area (Å²) in [5.74, 6) is -0.226. The number of nitrogens with zero attached hydrogens (tertiary/aromatic N) is 2. The molecule has 6 heteroatoms. The maximum atomic E-state index is 13.6. The highest BCUT2D eigenvalue weighted by molar-refractivity contribution is 7.15. The molecule has 0 saturated heterocycles. The Bertz CT molecular complexity index is 1360. The fraction of sp³-hybridized carbons (Fsp3) is 0.208. The van der Waals surface area contributed by atoms with Crippen LogP contribution >= 0.6 is 11.3 Å². The van der Waals surface area contributed by atoms with E-state index < -0.39 is 6.04 Å². The van der Waals surface area contributed by atoms with Gasteiger partial charge in [-0.1, -0.05) is 41.5 Å². The second-order valence-electron chi connectivity index (χ2n) is 7.80. The minimum Gasteiger partial charge on any atom is -0.450 e. The Kier molecular flexibility index (Phi) is 4.15. The van der Waals surface area contributed by atoms with Gasteiger partial charge in [-0.15, -0.1) is 11.3 Å². The number of thiazole rings is 1. The summed E-state index contributed by atoms with van der Waals surface area (Å²) < 4.78 is 6.00. The summed E-state index contributed by atoms with van der Waals surface area (Å²) in [6.07, 6.45) is 0. The van der Waals surface area contributed by atoms with Crippen LogP contribution in [0.5, 0.6) is 0 Å². The van der Waals surface area contributed by atoms with Crippen LogP contribution in [0, 0.1) is 27.7 Å². The minimum atomic E-state index is -0.570. The van der Waals surface area contributed by atoms with Gasteiger partial charge < -0.3 is 4.42 Å². The lowest BCUT2D eigenvalue weighted by Crippen LogP contribution is -2.29. The molecule has 0 aliphatic carbocycles. The number of anilines is 1. The zero-order valence-corrected chi connectivity index (χ0v) is 18.0. The number of aromatic nitrogens is 1. The lowest BCUT2D eigenvalue weighted by molar-refractivity contribution is 0.0971. The van der Waals surface area contributed by atoms with Crippen molar-refractivity contribution in [2.45, 2.75) is 33.7 Å². The predicted octanol–water partition coefficient (Wildman–Crippen LogP) is 5.23. The van der Waals surface area contributed by atoms with Crippen molar-refractivity contribution in [1.29, 1.82) is 0 Å². The maximum Gasteiger partial charge on any atom is 0.297 e. The largest absolute Gasteiger partial charge is 0.450 e. The molecule has 0 N–H and O–H groups in total. The first-order chi connectivity index (χ1) is 14.3. The van der Waals surface area contributed by atoms with E-state index in [4.69, 9.17) is 4.42 Å². The van der Waals surface area contributed by atoms with E-state index in [0.717, 1.165) is 27.3 Å². The molecule has 0 fully saturated rings. The number of rotatable bonds is 2. The molecule has 0 radical (unpaired) electrons. The van der Waals surface area contributed by atoms with Crippen molar-refractivity contribution >= 4 is 33.3 Å². The molecule has 0 saturated carbocycles. The number of hydrogen-bond acceptors (Lipinski definition) is 5. The Labute approximate surface area is 177 Å². The summed E-state index contributed by atoms with van der Waals surface area (Å²) in [7, 11) is 0. The molecule has 5 nitrogen and oxygen atoms in total. The molecule has 0 unspecified atom stereocenters. The van der Waals surface area contributed by atoms with Gasteiger partial charge in [-0.05, 0) is 45.4 Å². The highest BCUT2D eigenvalue weighted by atomic mass is 32.1. The van der Waals surface area contributed by atoms with Gasteiger partial charge in [0.25, 0.3) is 5.91 Å². The summed E-state index contributed by atoms with van der Waals surface area (Å²) in [6, 6.07) is 12.8. The van der Waals surface area contributed by atoms with E-state index in [1.54, 1.807) is 11.0 Å². The molecule has 30 heavy (non-hydrogen) atoms. The monoisotopic (exact) mass is 416 g/mol. The van der Waals surface area contributed by atoms with Gasteiger partial charge in [-0.2, -0.15) is 0 Å². The number of hydrogen-bond donors (Lipinski definition) is 0. The molecule has 1 atom stereocenters. The van der Waals surface area contributed by atoms with E-state index in [-0.39, 0.29) is 17.1 Å². The molecule has 5 rings (SSSR count). The van der Waals surface area contributed by atoms with Crippen molar-refractivity contribution in [2.24, 2.45) is 0 Å². The Morgan fingerprint density at radius 3 is 2.33 bits per heavy atom. The second kappa shape index (κ2) is 6.64. The third kappa shape index (κ3) is 2.71. The van der Waals surface area contributed by atoms with E-state index in [2.05, 4.69) is 4.98 Å². The van der Waals surface area contributed by atoms with E-state index in [1.807, 2.05) is 64.1 Å². The summed E-state index contributed by atoms with van der Waals surface area (Å²) in [5.41, 5.74) is 4.45. The van der Waals surface area contributed by atoms with Gasteiger partial charge in [-0.25, -0.2) is 4.98 Å². The second-order valence-corrected chi connectivity index (χ2v) is 8.98. The van der Waals surface area contributed by atoms with E-state index >= 15 is 0 Å². The van der Waals surface area contributed by atoms with Crippen LogP contribution in [0.1, 0.15) is 49.4 Å². The highest BCUT2D eigenvalue weighted by Crippen LogP contribution is 2.43. The first-order valence-electron chi connectivity index (χ1n) is 9.76. The number of fused-ring (bicyclic) bond motifs is 2. The summed E-state index contributed by atoms with van der Waals surface area (Å²) in [6.45, 7) is 7.84. The van der Waals surface area contributed by atoms with Crippen LogP contribution in [0.25, 0.3) is 11.0 Å². The van der Waals surface area contributed by atoms with Crippen molar-refractivity contribution in [1.82, 2.24) is 4.98 Å². The van der Waals surface area contributed by atoms with Crippen molar-refractivity contribution in [3.8, 4) is 0 Å². The predicted molar refractivity (Wildman–Crippen MR) is 119 cm³/mol. The van der Waals surface area contributed by atoms with Crippen molar-refractivity contribution in [3.63, 3.8) is 0 Å². The average Bonchev–Trinajstić information content (AvgIpc) is 3.20. The van der Waals surface area contributed by atoms with E-state index in [0.29, 0.717) is 21.7 Å². The van der Waals surface area contributed by atoms with Gasteiger partial charge in [0.15, 0.2) is 10.6 Å². The lowest BCUT2D eigenvalue weighted by atomic mass is 9.97. The van der Waals surface area contributed by atoms with Crippen LogP contribution in [0.15, 0.2) is 51.7 Å². The number of carbonyl (C=O) groups excluding carboxylic acids is 1. The average molecular weight is 417 g/mol. The fourth-order valence-electron chi connectivity index (χ4n) is 3.91. The molecule has 1 aliphatic rings. The number of benzene rings is 2. The summed E-state index contributed by atoms with van der Waals surface area (Å²) in [4.78, 5) is 34.3. The third-order valence-electron chi connectivity index (χ3n) is 5.64. The molecule has 1 aliphatic heterocycles. The van der Waals surface area contributed by atoms with E-state index in [9.17, 15) is 9.59 Å². The smallest absolute Gasteiger partial charge is 0.297 e. The zero-order valence-electron chi connectivity index (χ0n) is 17.1. The number of amides is 1. The van der Waals surface area contributed by atoms with Crippen LogP contribution in [0.4, 0.5) is 5.13 Å². The molecule has 0 bridgehead atoms. The Balaban J connectivity index is 1.82. The van der Waals surface area contributed by atoms with Crippen LogP contribution in [-0.4, -0.2) is 10.9 Å². The molecular weight excluding hydrogens is 396 g/mol. The molecular formula is C24H20N2O3S. The van der Waals surface area contributed by atoms with Crippen LogP contribution < -0.4 is 10.3 Å². The van der Waals surface area contributed by atoms with Gasteiger partial charge in [-0.3, -0.25) is 14.5 Å². The summed E-state index contributed by atoms with van der Waals surface area (Å²) in [5, 5.41) is 1.07. The molecule has 3 heterocycles. The van der Waals surface area contributed by atoms with Crippen molar-refractivity contribution in [3.05, 3.63) is 91.3 Å². The van der Waals surface area contributed by atoms with Crippen LogP contribution in [0.2, 0.25) is 0 Å². The quantitative estimate of drug-likeness (QED) is 0.449. The highest BCUT2D eigenvalue weighted by Gasteiger charge is 2.45. The molecule has 2 aromatic heterocycles. The standard InChI is InChI=1S/C24H20N2O3S/c1-12-5-8-16(9-6-12)20-19-21(27)17-11-13(2)7-10-18(17)29-22(19)23(28)26(20)24-25-14(3)15(4)30-24/h5-11,20H,1-4H3/t20-/m1/s1. The van der Waals surface area contributed by atoms with Gasteiger partial charge in [0.1, 0.15) is 5.58 Å². The summed E-state index contributed by atoms with van der Waals surface area (Å²) >= 11 is 1.45. The number of aryl methyl sites for hydroxylation is 4. The van der Waals surface area contributed by atoms with Crippen LogP contribution in [-0.2, 0) is 0 Å². The van der Waals surface area contributed by atoms with Gasteiger partial charge >= 0.3 is 0 Å². The SMILES string of the molecule is Cc1ccc([C@@H]2c3c(oc4ccc(C)cc4c3=O)C(=O)N2c2nc(C)c(C)s2)cc1. The Morgan fingerprint density at radius 2 is 1.67 bits per heavy atom. The Hall–Kier alpha value is -3.25. The lowest BCUT2D eigenvalue weighted by Gasteiger charge is -2.22. The molecule has 150 valence electrons. The van der Waals surface area contributed by atoms with Gasteiger partial charge in [0.2, 0.25) is 5.76 Å². The molecule has 2 aromatic carbocycles. The van der Waals surface area contributed by atoms with Gasteiger partial charge in [0.05, 0.1) is 22.7 Å². The first-order valence-corrected chi connectivity index (χ1v) is 10.6. The van der Waals surface area contributed by atoms with Crippen molar-refractivity contribution < 1.29 is 9.21 Å². The zero-order chi connectivity index (χ0) is 21.2. The van der Waals surface area contributed by atoms with Crippen LogP contribution in [0.3, 0.4) is 0 Å². The molecule has 0 spiro atoms. The molecule has 4 aromatic rings. The Morgan fingerprint density at radius 1 is 0.967 bits per heavy atom. The number of carbonyl (C=O) groups is 1. The van der Waals surface area contributed by atoms with E-state index in [1.165, 1.54) is 11.3 Å². The fourth-order valence-corrected chi connectivity index (χ4v) is 4.84. The van der Waals surface area contributed by atoms with Gasteiger partial charge in [0, 0.05) is 4.88 Å². The minimum absolute atomic E-state index is 0.104. The normalized spacial score (nSPS) is 15.8. The maximum absolute atomic E-state index is 13.6. The molecule has 1 amide bonds. The topological polar surface area (TPSA) is 63.4 Å².